The zero-order valence-electron chi connectivity index (χ0n) is 12.2. The van der Waals surface area contributed by atoms with Crippen LogP contribution in [0, 0.1) is 6.92 Å². The van der Waals surface area contributed by atoms with Crippen LogP contribution in [0.15, 0.2) is 42.5 Å². The molecule has 1 unspecified atom stereocenters. The van der Waals surface area contributed by atoms with Crippen molar-refractivity contribution in [3.05, 3.63) is 58.6 Å². The maximum absolute atomic E-state index is 6.20. The number of nitrogens with two attached hydrogens (primary N) is 1. The van der Waals surface area contributed by atoms with E-state index in [1.54, 1.807) is 0 Å². The molecule has 0 heterocycles. The fraction of sp³-hybridized carbons (Fsp3) is 0.333. The summed E-state index contributed by atoms with van der Waals surface area (Å²) in [7, 11) is 0. The first-order valence-electron chi connectivity index (χ1n) is 7.22. The van der Waals surface area contributed by atoms with Gasteiger partial charge in [0.25, 0.3) is 0 Å². The number of halogens is 1. The molecule has 0 bridgehead atoms. The van der Waals surface area contributed by atoms with Crippen molar-refractivity contribution >= 4 is 11.6 Å². The Morgan fingerprint density at radius 1 is 1.10 bits per heavy atom. The lowest BCUT2D eigenvalue weighted by Gasteiger charge is -2.15. The normalized spacial score (nSPS) is 12.4. The van der Waals surface area contributed by atoms with E-state index < -0.39 is 0 Å². The van der Waals surface area contributed by atoms with E-state index in [2.05, 4.69) is 44.2 Å². The van der Waals surface area contributed by atoms with E-state index in [0.717, 1.165) is 30.0 Å². The molecule has 2 N–H and O–H groups in total. The van der Waals surface area contributed by atoms with Crippen LogP contribution in [0.25, 0.3) is 11.1 Å². The highest BCUT2D eigenvalue weighted by atomic mass is 35.5. The molecule has 0 aliphatic carbocycles. The fourth-order valence-electron chi connectivity index (χ4n) is 2.66. The van der Waals surface area contributed by atoms with E-state index in [9.17, 15) is 0 Å². The second-order valence-electron chi connectivity index (χ2n) is 5.22. The van der Waals surface area contributed by atoms with Gasteiger partial charge in [0, 0.05) is 5.02 Å². The Hall–Kier alpha value is -1.31. The van der Waals surface area contributed by atoms with Crippen molar-refractivity contribution < 1.29 is 0 Å². The highest BCUT2D eigenvalue weighted by Gasteiger charge is 2.09. The summed E-state index contributed by atoms with van der Waals surface area (Å²) in [5.74, 6) is 0.564. The van der Waals surface area contributed by atoms with Gasteiger partial charge in [0.15, 0.2) is 0 Å². The second kappa shape index (κ2) is 6.92. The van der Waals surface area contributed by atoms with Crippen molar-refractivity contribution in [2.45, 2.75) is 32.6 Å². The lowest BCUT2D eigenvalue weighted by molar-refractivity contribution is 0.614. The van der Waals surface area contributed by atoms with Crippen LogP contribution in [0.1, 0.15) is 36.8 Å². The predicted octanol–water partition coefficient (Wildman–Crippen LogP) is 5.16. The van der Waals surface area contributed by atoms with E-state index in [1.807, 2.05) is 12.1 Å². The first kappa shape index (κ1) is 15.1. The number of rotatable bonds is 5. The van der Waals surface area contributed by atoms with Crippen molar-refractivity contribution in [1.29, 1.82) is 0 Å². The van der Waals surface area contributed by atoms with Crippen molar-refractivity contribution in [3.63, 3.8) is 0 Å². The van der Waals surface area contributed by atoms with Gasteiger partial charge in [-0.3, -0.25) is 0 Å². The number of hydrogen-bond donors (Lipinski definition) is 1. The van der Waals surface area contributed by atoms with Gasteiger partial charge in [0.05, 0.1) is 0 Å². The molecule has 0 spiro atoms. The highest BCUT2D eigenvalue weighted by Crippen LogP contribution is 2.30. The van der Waals surface area contributed by atoms with E-state index in [4.69, 9.17) is 17.3 Å². The summed E-state index contributed by atoms with van der Waals surface area (Å²) >= 11 is 6.20. The zero-order chi connectivity index (χ0) is 14.5. The lowest BCUT2D eigenvalue weighted by Crippen LogP contribution is -2.06. The Labute approximate surface area is 126 Å². The van der Waals surface area contributed by atoms with Crippen LogP contribution in [0.5, 0.6) is 0 Å². The van der Waals surface area contributed by atoms with Crippen LogP contribution < -0.4 is 5.73 Å². The van der Waals surface area contributed by atoms with Crippen LogP contribution in [0.2, 0.25) is 5.02 Å². The summed E-state index contributed by atoms with van der Waals surface area (Å²) < 4.78 is 0. The first-order chi connectivity index (χ1) is 9.67. The quantitative estimate of drug-likeness (QED) is 0.808. The summed E-state index contributed by atoms with van der Waals surface area (Å²) in [5.41, 5.74) is 10.6. The Balaban J connectivity index is 2.30. The molecular formula is C18H22ClN. The molecule has 1 atom stereocenters. The summed E-state index contributed by atoms with van der Waals surface area (Å²) in [6.07, 6.45) is 2.18. The Morgan fingerprint density at radius 2 is 1.80 bits per heavy atom. The van der Waals surface area contributed by atoms with Gasteiger partial charge in [0.2, 0.25) is 0 Å². The minimum atomic E-state index is 0.564. The summed E-state index contributed by atoms with van der Waals surface area (Å²) in [5, 5.41) is 0.821. The minimum Gasteiger partial charge on any atom is -0.330 e. The van der Waals surface area contributed by atoms with Crippen LogP contribution in [0.3, 0.4) is 0 Å². The molecule has 20 heavy (non-hydrogen) atoms. The SMILES string of the molecule is CCC(CCN)c1ccc(-c2cccc(Cl)c2C)cc1. The van der Waals surface area contributed by atoms with Crippen molar-refractivity contribution in [3.8, 4) is 11.1 Å². The average Bonchev–Trinajstić information content (AvgIpc) is 2.48. The summed E-state index contributed by atoms with van der Waals surface area (Å²) in [4.78, 5) is 0. The van der Waals surface area contributed by atoms with Crippen LogP contribution in [-0.2, 0) is 0 Å². The van der Waals surface area contributed by atoms with E-state index >= 15 is 0 Å². The molecule has 0 aliphatic rings. The van der Waals surface area contributed by atoms with Crippen molar-refractivity contribution in [1.82, 2.24) is 0 Å². The third kappa shape index (κ3) is 3.23. The molecule has 0 amide bonds. The molecule has 1 nitrogen and oxygen atoms in total. The molecule has 0 aliphatic heterocycles. The molecule has 0 saturated heterocycles. The first-order valence-corrected chi connectivity index (χ1v) is 7.60. The van der Waals surface area contributed by atoms with E-state index in [1.165, 1.54) is 16.7 Å². The number of benzene rings is 2. The van der Waals surface area contributed by atoms with Gasteiger partial charge in [-0.15, -0.1) is 0 Å². The predicted molar refractivity (Wildman–Crippen MR) is 88.3 cm³/mol. The van der Waals surface area contributed by atoms with Crippen molar-refractivity contribution in [2.24, 2.45) is 5.73 Å². The molecule has 2 aromatic carbocycles. The molecule has 2 rings (SSSR count). The minimum absolute atomic E-state index is 0.564. The molecular weight excluding hydrogens is 266 g/mol. The van der Waals surface area contributed by atoms with Gasteiger partial charge in [-0.05, 0) is 60.5 Å². The van der Waals surface area contributed by atoms with E-state index in [0.29, 0.717) is 5.92 Å². The molecule has 0 saturated carbocycles. The Morgan fingerprint density at radius 3 is 2.40 bits per heavy atom. The second-order valence-corrected chi connectivity index (χ2v) is 5.62. The van der Waals surface area contributed by atoms with Gasteiger partial charge in [-0.25, -0.2) is 0 Å². The molecule has 106 valence electrons. The monoisotopic (exact) mass is 287 g/mol. The number of hydrogen-bond acceptors (Lipinski definition) is 1. The lowest BCUT2D eigenvalue weighted by atomic mass is 9.91. The Bertz CT molecular complexity index is 560. The fourth-order valence-corrected chi connectivity index (χ4v) is 2.84. The van der Waals surface area contributed by atoms with E-state index in [-0.39, 0.29) is 0 Å². The summed E-state index contributed by atoms with van der Waals surface area (Å²) in [6, 6.07) is 14.9. The molecule has 2 aromatic rings. The average molecular weight is 288 g/mol. The van der Waals surface area contributed by atoms with Gasteiger partial charge in [0.1, 0.15) is 0 Å². The standard InChI is InChI=1S/C18H22ClN/c1-3-14(11-12-20)15-7-9-16(10-8-15)17-5-4-6-18(19)13(17)2/h4-10,14H,3,11-12,20H2,1-2H3. The van der Waals surface area contributed by atoms with Crippen LogP contribution in [-0.4, -0.2) is 6.54 Å². The maximum Gasteiger partial charge on any atom is 0.0441 e. The largest absolute Gasteiger partial charge is 0.330 e. The smallest absolute Gasteiger partial charge is 0.0441 e. The topological polar surface area (TPSA) is 26.0 Å². The third-order valence-electron chi connectivity index (χ3n) is 3.97. The highest BCUT2D eigenvalue weighted by molar-refractivity contribution is 6.31. The molecule has 0 radical (unpaired) electrons. The molecule has 0 aromatic heterocycles. The van der Waals surface area contributed by atoms with Gasteiger partial charge in [-0.2, -0.15) is 0 Å². The Kier molecular flexibility index (Phi) is 5.22. The van der Waals surface area contributed by atoms with Crippen LogP contribution >= 0.6 is 11.6 Å². The van der Waals surface area contributed by atoms with Gasteiger partial charge < -0.3 is 5.73 Å². The van der Waals surface area contributed by atoms with Gasteiger partial charge >= 0.3 is 0 Å². The molecule has 2 heteroatoms. The third-order valence-corrected chi connectivity index (χ3v) is 4.38. The van der Waals surface area contributed by atoms with Crippen molar-refractivity contribution in [2.75, 3.05) is 6.54 Å². The zero-order valence-corrected chi connectivity index (χ0v) is 13.0. The van der Waals surface area contributed by atoms with Crippen LogP contribution in [0.4, 0.5) is 0 Å². The molecule has 0 fully saturated rings. The van der Waals surface area contributed by atoms with Gasteiger partial charge in [-0.1, -0.05) is 54.9 Å². The maximum atomic E-state index is 6.20. The summed E-state index contributed by atoms with van der Waals surface area (Å²) in [6.45, 7) is 5.03.